The Morgan fingerprint density at radius 2 is 2.17 bits per heavy atom. The van der Waals surface area contributed by atoms with Crippen molar-refractivity contribution in [2.24, 2.45) is 5.92 Å². The average molecular weight is 246 g/mol. The molecule has 0 bridgehead atoms. The van der Waals surface area contributed by atoms with Crippen molar-refractivity contribution < 1.29 is 4.79 Å². The molecule has 0 radical (unpaired) electrons. The van der Waals surface area contributed by atoms with Gasteiger partial charge in [-0.3, -0.25) is 14.7 Å². The van der Waals surface area contributed by atoms with E-state index in [1.165, 1.54) is 12.8 Å². The molecule has 2 rings (SSSR count). The first-order chi connectivity index (χ1) is 8.75. The standard InChI is InChI=1S/C15H22N2O/c1-17(11-9-14-8-4-5-10-16-14)12-15(18)13-6-2-3-7-13/h4-5,8,10,13H,2-3,6-7,9,11-12H2,1H3. The number of carbonyl (C=O) groups is 1. The number of likely N-dealkylation sites (N-methyl/N-ethyl adjacent to an activating group) is 1. The van der Waals surface area contributed by atoms with E-state index in [2.05, 4.69) is 9.88 Å². The second-order valence-electron chi connectivity index (χ2n) is 5.26. The molecule has 0 N–H and O–H groups in total. The van der Waals surface area contributed by atoms with Gasteiger partial charge >= 0.3 is 0 Å². The summed E-state index contributed by atoms with van der Waals surface area (Å²) in [4.78, 5) is 18.4. The van der Waals surface area contributed by atoms with Gasteiger partial charge in [0.15, 0.2) is 0 Å². The largest absolute Gasteiger partial charge is 0.299 e. The van der Waals surface area contributed by atoms with Crippen LogP contribution in [-0.2, 0) is 11.2 Å². The van der Waals surface area contributed by atoms with Gasteiger partial charge in [-0.1, -0.05) is 18.9 Å². The third-order valence-electron chi connectivity index (χ3n) is 3.71. The van der Waals surface area contributed by atoms with E-state index in [0.29, 0.717) is 18.2 Å². The van der Waals surface area contributed by atoms with Crippen molar-refractivity contribution in [3.8, 4) is 0 Å². The summed E-state index contributed by atoms with van der Waals surface area (Å²) < 4.78 is 0. The summed E-state index contributed by atoms with van der Waals surface area (Å²) in [5.74, 6) is 0.762. The summed E-state index contributed by atoms with van der Waals surface area (Å²) >= 11 is 0. The molecule has 1 saturated carbocycles. The lowest BCUT2D eigenvalue weighted by Gasteiger charge is -2.17. The minimum Gasteiger partial charge on any atom is -0.299 e. The van der Waals surface area contributed by atoms with Crippen LogP contribution in [0.25, 0.3) is 0 Å². The highest BCUT2D eigenvalue weighted by Crippen LogP contribution is 2.25. The lowest BCUT2D eigenvalue weighted by molar-refractivity contribution is -0.123. The van der Waals surface area contributed by atoms with Crippen LogP contribution in [0.15, 0.2) is 24.4 Å². The molecule has 1 aliphatic carbocycles. The fourth-order valence-corrected chi connectivity index (χ4v) is 2.57. The number of hydrogen-bond donors (Lipinski definition) is 0. The predicted octanol–water partition coefficient (Wildman–Crippen LogP) is 2.32. The predicted molar refractivity (Wildman–Crippen MR) is 72.4 cm³/mol. The highest BCUT2D eigenvalue weighted by molar-refractivity contribution is 5.83. The van der Waals surface area contributed by atoms with Gasteiger partial charge < -0.3 is 0 Å². The van der Waals surface area contributed by atoms with E-state index >= 15 is 0 Å². The Hall–Kier alpha value is -1.22. The first kappa shape index (κ1) is 13.2. The maximum absolute atomic E-state index is 12.0. The summed E-state index contributed by atoms with van der Waals surface area (Å²) in [6.45, 7) is 1.49. The number of hydrogen-bond acceptors (Lipinski definition) is 3. The summed E-state index contributed by atoms with van der Waals surface area (Å²) in [6, 6.07) is 5.97. The highest BCUT2D eigenvalue weighted by atomic mass is 16.1. The van der Waals surface area contributed by atoms with Gasteiger partial charge in [-0.15, -0.1) is 0 Å². The SMILES string of the molecule is CN(CCc1ccccn1)CC(=O)C1CCCC1. The second kappa shape index (κ2) is 6.64. The maximum atomic E-state index is 12.0. The minimum atomic E-state index is 0.335. The van der Waals surface area contributed by atoms with Crippen molar-refractivity contribution in [2.75, 3.05) is 20.1 Å². The van der Waals surface area contributed by atoms with Crippen LogP contribution >= 0.6 is 0 Å². The first-order valence-corrected chi connectivity index (χ1v) is 6.87. The molecule has 1 aromatic rings. The molecule has 0 atom stereocenters. The van der Waals surface area contributed by atoms with E-state index in [-0.39, 0.29) is 0 Å². The summed E-state index contributed by atoms with van der Waals surface area (Å²) in [5.41, 5.74) is 1.10. The second-order valence-corrected chi connectivity index (χ2v) is 5.26. The van der Waals surface area contributed by atoms with Crippen molar-refractivity contribution in [3.05, 3.63) is 30.1 Å². The van der Waals surface area contributed by atoms with Gasteiger partial charge in [-0.05, 0) is 32.0 Å². The number of aromatic nitrogens is 1. The number of carbonyl (C=O) groups excluding carboxylic acids is 1. The highest BCUT2D eigenvalue weighted by Gasteiger charge is 2.23. The maximum Gasteiger partial charge on any atom is 0.149 e. The molecule has 1 fully saturated rings. The van der Waals surface area contributed by atoms with E-state index in [1.54, 1.807) is 0 Å². The van der Waals surface area contributed by atoms with Gasteiger partial charge in [0.25, 0.3) is 0 Å². The molecule has 3 heteroatoms. The zero-order valence-electron chi connectivity index (χ0n) is 11.1. The molecule has 0 unspecified atom stereocenters. The molecule has 1 aromatic heterocycles. The molecule has 98 valence electrons. The number of rotatable bonds is 6. The zero-order valence-corrected chi connectivity index (χ0v) is 11.1. The van der Waals surface area contributed by atoms with E-state index in [9.17, 15) is 4.79 Å². The summed E-state index contributed by atoms with van der Waals surface area (Å²) in [6.07, 6.45) is 7.40. The number of pyridine rings is 1. The molecule has 1 aliphatic rings. The molecular weight excluding hydrogens is 224 g/mol. The van der Waals surface area contributed by atoms with Gasteiger partial charge in [0.05, 0.1) is 6.54 Å². The van der Waals surface area contributed by atoms with Crippen molar-refractivity contribution in [3.63, 3.8) is 0 Å². The quantitative estimate of drug-likeness (QED) is 0.772. The Labute approximate surface area is 109 Å². The van der Waals surface area contributed by atoms with Crippen molar-refractivity contribution in [1.29, 1.82) is 0 Å². The minimum absolute atomic E-state index is 0.335. The Morgan fingerprint density at radius 3 is 2.83 bits per heavy atom. The lowest BCUT2D eigenvalue weighted by Crippen LogP contribution is -2.31. The van der Waals surface area contributed by atoms with Crippen LogP contribution in [0.1, 0.15) is 31.4 Å². The molecular formula is C15H22N2O. The molecule has 0 spiro atoms. The van der Waals surface area contributed by atoms with Crippen LogP contribution in [0.5, 0.6) is 0 Å². The molecule has 18 heavy (non-hydrogen) atoms. The van der Waals surface area contributed by atoms with Crippen LogP contribution in [-0.4, -0.2) is 35.8 Å². The number of Topliss-reactive ketones (excluding diaryl/α,β-unsaturated/α-hetero) is 1. The topological polar surface area (TPSA) is 33.2 Å². The van der Waals surface area contributed by atoms with Gasteiger partial charge in [0, 0.05) is 30.8 Å². The summed E-state index contributed by atoms with van der Waals surface area (Å²) in [5, 5.41) is 0. The molecule has 0 saturated heterocycles. The van der Waals surface area contributed by atoms with Gasteiger partial charge in [-0.2, -0.15) is 0 Å². The Morgan fingerprint density at radius 1 is 1.39 bits per heavy atom. The molecule has 0 amide bonds. The monoisotopic (exact) mass is 246 g/mol. The number of ketones is 1. The third-order valence-corrected chi connectivity index (χ3v) is 3.71. The molecule has 1 heterocycles. The van der Waals surface area contributed by atoms with E-state index in [0.717, 1.165) is 31.5 Å². The Bertz CT molecular complexity index is 371. The van der Waals surface area contributed by atoms with Gasteiger partial charge in [0.2, 0.25) is 0 Å². The van der Waals surface area contributed by atoms with Crippen molar-refractivity contribution >= 4 is 5.78 Å². The van der Waals surface area contributed by atoms with Crippen LogP contribution in [0.2, 0.25) is 0 Å². The zero-order chi connectivity index (χ0) is 12.8. The van der Waals surface area contributed by atoms with Crippen LogP contribution in [0.3, 0.4) is 0 Å². The molecule has 0 aromatic carbocycles. The van der Waals surface area contributed by atoms with Crippen molar-refractivity contribution in [2.45, 2.75) is 32.1 Å². The van der Waals surface area contributed by atoms with Crippen LogP contribution in [0.4, 0.5) is 0 Å². The van der Waals surface area contributed by atoms with E-state index in [4.69, 9.17) is 0 Å². The Balaban J connectivity index is 1.71. The fraction of sp³-hybridized carbons (Fsp3) is 0.600. The van der Waals surface area contributed by atoms with Gasteiger partial charge in [0.1, 0.15) is 5.78 Å². The van der Waals surface area contributed by atoms with Crippen molar-refractivity contribution in [1.82, 2.24) is 9.88 Å². The smallest absolute Gasteiger partial charge is 0.149 e. The number of nitrogens with zero attached hydrogens (tertiary/aromatic N) is 2. The van der Waals surface area contributed by atoms with Gasteiger partial charge in [-0.25, -0.2) is 0 Å². The normalized spacial score (nSPS) is 16.3. The Kier molecular flexibility index (Phi) is 4.88. The lowest BCUT2D eigenvalue weighted by atomic mass is 10.0. The third kappa shape index (κ3) is 3.91. The van der Waals surface area contributed by atoms with Crippen LogP contribution < -0.4 is 0 Å². The molecule has 3 nitrogen and oxygen atoms in total. The van der Waals surface area contributed by atoms with E-state index in [1.807, 2.05) is 31.4 Å². The summed E-state index contributed by atoms with van der Waals surface area (Å²) in [7, 11) is 2.02. The first-order valence-electron chi connectivity index (χ1n) is 6.87. The van der Waals surface area contributed by atoms with E-state index < -0.39 is 0 Å². The van der Waals surface area contributed by atoms with Crippen LogP contribution in [0, 0.1) is 5.92 Å². The fourth-order valence-electron chi connectivity index (χ4n) is 2.57. The molecule has 0 aliphatic heterocycles. The average Bonchev–Trinajstić information content (AvgIpc) is 2.91.